The van der Waals surface area contributed by atoms with Gasteiger partial charge in [-0.25, -0.2) is 4.18 Å². The third kappa shape index (κ3) is 5.39. The molecule has 6 heteroatoms. The van der Waals surface area contributed by atoms with Crippen LogP contribution < -0.4 is 0 Å². The quantitative estimate of drug-likeness (QED) is 0.556. The summed E-state index contributed by atoms with van der Waals surface area (Å²) in [6.07, 6.45) is 8.72. The van der Waals surface area contributed by atoms with Crippen LogP contribution in [0.5, 0.6) is 0 Å². The largest absolute Gasteiger partial charge is 0.297 e. The standard InChI is InChI=1S/C10H21NO3PS/c1-15(2)10(14-16(3,12)13)9-11-7-5-4-6-8-11/h10H,1,4-9H2,2-3H3/q+1. The molecule has 1 rings (SSSR count). The molecule has 0 saturated carbocycles. The molecule has 1 saturated heterocycles. The highest BCUT2D eigenvalue weighted by Gasteiger charge is 2.27. The number of likely N-dealkylation sites (tertiary alicyclic amines) is 1. The summed E-state index contributed by atoms with van der Waals surface area (Å²) in [6, 6.07) is 0. The molecule has 0 aliphatic carbocycles. The molecule has 0 aromatic rings. The minimum absolute atomic E-state index is 0.261. The Hall–Kier alpha value is 0.0400. The van der Waals surface area contributed by atoms with Crippen molar-refractivity contribution in [1.29, 1.82) is 0 Å². The second-order valence-corrected chi connectivity index (χ2v) is 8.06. The zero-order valence-electron chi connectivity index (χ0n) is 10.1. The molecule has 16 heavy (non-hydrogen) atoms. The van der Waals surface area contributed by atoms with E-state index in [9.17, 15) is 8.42 Å². The molecule has 0 aromatic heterocycles. The summed E-state index contributed by atoms with van der Waals surface area (Å²) in [5.41, 5.74) is 0. The van der Waals surface area contributed by atoms with Crippen molar-refractivity contribution >= 4 is 24.0 Å². The number of rotatable bonds is 5. The minimum Gasteiger partial charge on any atom is -0.297 e. The van der Waals surface area contributed by atoms with E-state index in [0.717, 1.165) is 19.3 Å². The van der Waals surface area contributed by atoms with Gasteiger partial charge in [0, 0.05) is 0 Å². The van der Waals surface area contributed by atoms with Crippen LogP contribution in [0.15, 0.2) is 0 Å². The maximum Gasteiger partial charge on any atom is 0.268 e. The zero-order chi connectivity index (χ0) is 12.2. The van der Waals surface area contributed by atoms with Crippen molar-refractivity contribution < 1.29 is 12.6 Å². The summed E-state index contributed by atoms with van der Waals surface area (Å²) in [4.78, 5) is 2.28. The third-order valence-electron chi connectivity index (χ3n) is 2.64. The van der Waals surface area contributed by atoms with E-state index >= 15 is 0 Å². The Morgan fingerprint density at radius 3 is 2.38 bits per heavy atom. The highest BCUT2D eigenvalue weighted by Crippen LogP contribution is 2.26. The Labute approximate surface area is 99.5 Å². The van der Waals surface area contributed by atoms with Crippen molar-refractivity contribution in [3.63, 3.8) is 0 Å². The lowest BCUT2D eigenvalue weighted by molar-refractivity contribution is 0.169. The van der Waals surface area contributed by atoms with Crippen LogP contribution in [0.2, 0.25) is 0 Å². The SMILES string of the molecule is C=[P+](C)C(CN1CCCCC1)OS(C)(=O)=O. The van der Waals surface area contributed by atoms with E-state index < -0.39 is 17.7 Å². The molecule has 1 aliphatic rings. The monoisotopic (exact) mass is 266 g/mol. The molecule has 1 aliphatic heterocycles. The molecule has 1 fully saturated rings. The number of hydrogen-bond donors (Lipinski definition) is 0. The Morgan fingerprint density at radius 1 is 1.38 bits per heavy atom. The van der Waals surface area contributed by atoms with Gasteiger partial charge in [0.05, 0.1) is 25.8 Å². The predicted octanol–water partition coefficient (Wildman–Crippen LogP) is 1.32. The van der Waals surface area contributed by atoms with Crippen molar-refractivity contribution in [2.75, 3.05) is 32.6 Å². The van der Waals surface area contributed by atoms with Crippen LogP contribution in [0.1, 0.15) is 19.3 Å². The Bertz CT molecular complexity index is 336. The van der Waals surface area contributed by atoms with Gasteiger partial charge in [0.25, 0.3) is 10.1 Å². The van der Waals surface area contributed by atoms with E-state index in [1.54, 1.807) is 0 Å². The molecule has 4 nitrogen and oxygen atoms in total. The van der Waals surface area contributed by atoms with Gasteiger partial charge >= 0.3 is 0 Å². The van der Waals surface area contributed by atoms with Gasteiger partial charge in [-0.3, -0.25) is 4.90 Å². The van der Waals surface area contributed by atoms with Gasteiger partial charge in [-0.1, -0.05) is 6.42 Å². The first-order valence-corrected chi connectivity index (χ1v) is 9.38. The lowest BCUT2D eigenvalue weighted by atomic mass is 10.1. The number of hydrogen-bond acceptors (Lipinski definition) is 4. The molecule has 0 aromatic carbocycles. The fraction of sp³-hybridized carbons (Fsp3) is 0.900. The molecule has 1 heterocycles. The van der Waals surface area contributed by atoms with Crippen LogP contribution >= 0.6 is 7.55 Å². The average molecular weight is 266 g/mol. The number of piperidine rings is 1. The smallest absolute Gasteiger partial charge is 0.268 e. The predicted molar refractivity (Wildman–Crippen MR) is 70.0 cm³/mol. The van der Waals surface area contributed by atoms with E-state index in [4.69, 9.17) is 4.18 Å². The molecular formula is C10H21NO3PS+. The molecule has 94 valence electrons. The van der Waals surface area contributed by atoms with Gasteiger partial charge < -0.3 is 0 Å². The van der Waals surface area contributed by atoms with Gasteiger partial charge in [0.1, 0.15) is 7.55 Å². The highest BCUT2D eigenvalue weighted by atomic mass is 32.2. The fourth-order valence-electron chi connectivity index (χ4n) is 1.81. The van der Waals surface area contributed by atoms with Crippen LogP contribution in [-0.2, 0) is 14.3 Å². The van der Waals surface area contributed by atoms with Crippen LogP contribution in [-0.4, -0.2) is 58.0 Å². The summed E-state index contributed by atoms with van der Waals surface area (Å²) in [5, 5.41) is 0. The molecule has 0 radical (unpaired) electrons. The summed E-state index contributed by atoms with van der Waals surface area (Å²) >= 11 is 0. The lowest BCUT2D eigenvalue weighted by Crippen LogP contribution is -2.36. The average Bonchev–Trinajstić information content (AvgIpc) is 2.16. The van der Waals surface area contributed by atoms with Crippen LogP contribution in [0.4, 0.5) is 0 Å². The van der Waals surface area contributed by atoms with Crippen LogP contribution in [0.3, 0.4) is 0 Å². The van der Waals surface area contributed by atoms with Gasteiger partial charge in [-0.2, -0.15) is 8.42 Å². The van der Waals surface area contributed by atoms with Gasteiger partial charge in [0.2, 0.25) is 5.85 Å². The van der Waals surface area contributed by atoms with E-state index in [1.165, 1.54) is 19.3 Å². The molecular weight excluding hydrogens is 245 g/mol. The Balaban J connectivity index is 2.53. The number of nitrogens with zero attached hydrogens (tertiary/aromatic N) is 1. The van der Waals surface area contributed by atoms with E-state index in [1.807, 2.05) is 6.66 Å². The molecule has 0 N–H and O–H groups in total. The van der Waals surface area contributed by atoms with E-state index in [-0.39, 0.29) is 5.85 Å². The molecule has 0 spiro atoms. The van der Waals surface area contributed by atoms with Crippen molar-refractivity contribution in [1.82, 2.24) is 4.90 Å². The Morgan fingerprint density at radius 2 is 1.94 bits per heavy atom. The van der Waals surface area contributed by atoms with Crippen molar-refractivity contribution in [2.24, 2.45) is 0 Å². The fourth-order valence-corrected chi connectivity index (χ4v) is 3.84. The van der Waals surface area contributed by atoms with E-state index in [2.05, 4.69) is 11.2 Å². The van der Waals surface area contributed by atoms with Gasteiger partial charge in [-0.05, 0) is 25.9 Å². The molecule has 2 unspecified atom stereocenters. The summed E-state index contributed by atoms with van der Waals surface area (Å²) < 4.78 is 27.4. The first-order valence-electron chi connectivity index (χ1n) is 5.52. The normalized spacial score (nSPS) is 21.8. The topological polar surface area (TPSA) is 46.6 Å². The molecule has 0 amide bonds. The van der Waals surface area contributed by atoms with Crippen molar-refractivity contribution in [3.8, 4) is 0 Å². The molecule has 2 atom stereocenters. The van der Waals surface area contributed by atoms with Crippen LogP contribution in [0.25, 0.3) is 0 Å². The first-order chi connectivity index (χ1) is 7.38. The Kier molecular flexibility index (Phi) is 5.38. The summed E-state index contributed by atoms with van der Waals surface area (Å²) in [6.45, 7) is 4.74. The minimum atomic E-state index is -3.37. The summed E-state index contributed by atoms with van der Waals surface area (Å²) in [5.74, 6) is -0.261. The maximum absolute atomic E-state index is 11.1. The van der Waals surface area contributed by atoms with Crippen LogP contribution in [0, 0.1) is 0 Å². The van der Waals surface area contributed by atoms with Gasteiger partial charge in [-0.15, -0.1) is 0 Å². The first kappa shape index (κ1) is 14.1. The maximum atomic E-state index is 11.1. The van der Waals surface area contributed by atoms with Crippen molar-refractivity contribution in [3.05, 3.63) is 0 Å². The summed E-state index contributed by atoms with van der Waals surface area (Å²) in [7, 11) is -4.02. The van der Waals surface area contributed by atoms with Crippen molar-refractivity contribution in [2.45, 2.75) is 25.1 Å². The second-order valence-electron chi connectivity index (χ2n) is 4.37. The highest BCUT2D eigenvalue weighted by molar-refractivity contribution is 7.86. The lowest BCUT2D eigenvalue weighted by Gasteiger charge is -2.27. The second kappa shape index (κ2) is 6.10. The van der Waals surface area contributed by atoms with E-state index in [0.29, 0.717) is 6.54 Å². The zero-order valence-corrected chi connectivity index (χ0v) is 11.8. The molecule has 0 bridgehead atoms. The van der Waals surface area contributed by atoms with Gasteiger partial charge in [0.15, 0.2) is 0 Å². The third-order valence-corrected chi connectivity index (χ3v) is 4.62.